The molecule has 6 heteroatoms. The third kappa shape index (κ3) is 2.69. The molecule has 26 heavy (non-hydrogen) atoms. The van der Waals surface area contributed by atoms with Crippen LogP contribution in [0.4, 0.5) is 4.39 Å². The quantitative estimate of drug-likeness (QED) is 0.900. The highest BCUT2D eigenvalue weighted by molar-refractivity contribution is 8.01. The van der Waals surface area contributed by atoms with E-state index < -0.39 is 10.8 Å². The number of hydrogen-bond donors (Lipinski definition) is 1. The van der Waals surface area contributed by atoms with E-state index in [2.05, 4.69) is 5.32 Å². The first-order chi connectivity index (χ1) is 12.4. The first kappa shape index (κ1) is 17.1. The van der Waals surface area contributed by atoms with Crippen molar-refractivity contribution >= 4 is 23.6 Å². The third-order valence-electron chi connectivity index (χ3n) is 4.92. The van der Waals surface area contributed by atoms with Crippen LogP contribution >= 0.6 is 11.8 Å². The lowest BCUT2D eigenvalue weighted by molar-refractivity contribution is -0.126. The van der Waals surface area contributed by atoms with Crippen LogP contribution in [0.5, 0.6) is 0 Å². The number of carbonyl (C=O) groups excluding carboxylic acids is 2. The van der Waals surface area contributed by atoms with Crippen LogP contribution in [-0.2, 0) is 11.3 Å². The summed E-state index contributed by atoms with van der Waals surface area (Å²) >= 11 is 1.64. The summed E-state index contributed by atoms with van der Waals surface area (Å²) in [6, 6.07) is 13.0. The highest BCUT2D eigenvalue weighted by Crippen LogP contribution is 2.56. The molecule has 0 saturated carbocycles. The average molecular weight is 370 g/mol. The maximum Gasteiger partial charge on any atom is 0.256 e. The van der Waals surface area contributed by atoms with E-state index in [0.29, 0.717) is 12.1 Å². The summed E-state index contributed by atoms with van der Waals surface area (Å²) in [6.07, 6.45) is 0. The maximum absolute atomic E-state index is 13.0. The van der Waals surface area contributed by atoms with Gasteiger partial charge in [0.1, 0.15) is 17.2 Å². The smallest absolute Gasteiger partial charge is 0.256 e. The Balaban J connectivity index is 1.56. The SMILES string of the molecule is CC1(C)S[C@H]2c3ccccc3C(=O)N2[C@H]1C(=O)NCc1ccc(F)cc1. The molecule has 0 aromatic heterocycles. The minimum atomic E-state index is -0.558. The molecule has 0 bridgehead atoms. The van der Waals surface area contributed by atoms with Crippen molar-refractivity contribution in [2.45, 2.75) is 36.6 Å². The Bertz CT molecular complexity index is 882. The minimum absolute atomic E-state index is 0.0920. The van der Waals surface area contributed by atoms with Crippen LogP contribution in [0.1, 0.15) is 40.7 Å². The lowest BCUT2D eigenvalue weighted by Crippen LogP contribution is -2.52. The second-order valence-corrected chi connectivity index (χ2v) is 8.85. The Kier molecular flexibility index (Phi) is 4.03. The molecule has 4 rings (SSSR count). The number of nitrogens with one attached hydrogen (secondary N) is 1. The molecule has 2 aliphatic rings. The second-order valence-electron chi connectivity index (χ2n) is 7.12. The van der Waals surface area contributed by atoms with E-state index in [0.717, 1.165) is 11.1 Å². The normalized spacial score (nSPS) is 22.9. The Labute approximate surface area is 155 Å². The molecule has 2 atom stereocenters. The van der Waals surface area contributed by atoms with E-state index in [-0.39, 0.29) is 23.0 Å². The predicted octanol–water partition coefficient (Wildman–Crippen LogP) is 3.49. The molecule has 2 aromatic carbocycles. The van der Waals surface area contributed by atoms with Crippen molar-refractivity contribution in [2.75, 3.05) is 0 Å². The van der Waals surface area contributed by atoms with E-state index in [9.17, 15) is 14.0 Å². The van der Waals surface area contributed by atoms with Crippen molar-refractivity contribution < 1.29 is 14.0 Å². The number of fused-ring (bicyclic) bond motifs is 3. The van der Waals surface area contributed by atoms with Gasteiger partial charge < -0.3 is 10.2 Å². The summed E-state index contributed by atoms with van der Waals surface area (Å²) in [6.45, 7) is 4.29. The highest BCUT2D eigenvalue weighted by Gasteiger charge is 2.57. The Morgan fingerprint density at radius 3 is 2.62 bits per heavy atom. The number of benzene rings is 2. The number of rotatable bonds is 3. The Hall–Kier alpha value is -2.34. The zero-order valence-corrected chi connectivity index (χ0v) is 15.3. The Morgan fingerprint density at radius 1 is 1.19 bits per heavy atom. The van der Waals surface area contributed by atoms with Crippen LogP contribution < -0.4 is 5.32 Å². The van der Waals surface area contributed by atoms with Gasteiger partial charge in [-0.1, -0.05) is 30.3 Å². The summed E-state index contributed by atoms with van der Waals surface area (Å²) in [7, 11) is 0. The molecule has 1 N–H and O–H groups in total. The van der Waals surface area contributed by atoms with Crippen LogP contribution in [0.2, 0.25) is 0 Å². The standard InChI is InChI=1S/C20H19FN2O2S/c1-20(2)16(17(24)22-11-12-7-9-13(21)10-8-12)23-18(25)14-5-3-4-6-15(14)19(23)26-20/h3-10,16,19H,11H2,1-2H3,(H,22,24)/t16-,19-/m0/s1. The van der Waals surface area contributed by atoms with Gasteiger partial charge in [0.05, 0.1) is 0 Å². The van der Waals surface area contributed by atoms with Crippen LogP contribution in [0, 0.1) is 5.82 Å². The van der Waals surface area contributed by atoms with Crippen molar-refractivity contribution in [3.63, 3.8) is 0 Å². The van der Waals surface area contributed by atoms with Crippen LogP contribution in [-0.4, -0.2) is 27.5 Å². The van der Waals surface area contributed by atoms with Crippen LogP contribution in [0.3, 0.4) is 0 Å². The van der Waals surface area contributed by atoms with Gasteiger partial charge in [-0.05, 0) is 43.2 Å². The van der Waals surface area contributed by atoms with Crippen LogP contribution in [0.15, 0.2) is 48.5 Å². The number of amides is 2. The maximum atomic E-state index is 13.0. The van der Waals surface area contributed by atoms with E-state index in [4.69, 9.17) is 0 Å². The van der Waals surface area contributed by atoms with Gasteiger partial charge in [0.15, 0.2) is 0 Å². The number of nitrogens with zero attached hydrogens (tertiary/aromatic N) is 1. The fraction of sp³-hybridized carbons (Fsp3) is 0.300. The van der Waals surface area contributed by atoms with Crippen molar-refractivity contribution in [3.8, 4) is 0 Å². The van der Waals surface area contributed by atoms with Gasteiger partial charge in [0.25, 0.3) is 5.91 Å². The molecule has 2 heterocycles. The Morgan fingerprint density at radius 2 is 1.88 bits per heavy atom. The van der Waals surface area contributed by atoms with E-state index in [1.54, 1.807) is 28.8 Å². The molecule has 134 valence electrons. The third-order valence-corrected chi connectivity index (χ3v) is 6.46. The van der Waals surface area contributed by atoms with E-state index >= 15 is 0 Å². The van der Waals surface area contributed by atoms with Crippen LogP contribution in [0.25, 0.3) is 0 Å². The summed E-state index contributed by atoms with van der Waals surface area (Å²) in [5.41, 5.74) is 2.47. The fourth-order valence-electron chi connectivity index (χ4n) is 3.69. The number of carbonyl (C=O) groups is 2. The first-order valence-corrected chi connectivity index (χ1v) is 9.38. The zero-order chi connectivity index (χ0) is 18.5. The molecule has 2 aromatic rings. The lowest BCUT2D eigenvalue weighted by atomic mass is 10.0. The van der Waals surface area contributed by atoms with Gasteiger partial charge in [-0.25, -0.2) is 4.39 Å². The van der Waals surface area contributed by atoms with Crippen molar-refractivity contribution in [1.82, 2.24) is 10.2 Å². The van der Waals surface area contributed by atoms with Gasteiger partial charge in [-0.3, -0.25) is 9.59 Å². The second kappa shape index (κ2) is 6.13. The van der Waals surface area contributed by atoms with Crippen molar-refractivity contribution in [2.24, 2.45) is 0 Å². The minimum Gasteiger partial charge on any atom is -0.350 e. The molecule has 1 saturated heterocycles. The largest absolute Gasteiger partial charge is 0.350 e. The molecule has 2 amide bonds. The summed E-state index contributed by atoms with van der Waals surface area (Å²) < 4.78 is 12.6. The lowest BCUT2D eigenvalue weighted by Gasteiger charge is -2.29. The molecule has 4 nitrogen and oxygen atoms in total. The van der Waals surface area contributed by atoms with E-state index in [1.807, 2.05) is 38.1 Å². The van der Waals surface area contributed by atoms with Gasteiger partial charge in [-0.2, -0.15) is 0 Å². The first-order valence-electron chi connectivity index (χ1n) is 8.50. The van der Waals surface area contributed by atoms with Crippen molar-refractivity contribution in [1.29, 1.82) is 0 Å². The molecule has 0 spiro atoms. The molecule has 0 unspecified atom stereocenters. The predicted molar refractivity (Wildman–Crippen MR) is 99.1 cm³/mol. The molecule has 1 fully saturated rings. The summed E-state index contributed by atoms with van der Waals surface area (Å²) in [5, 5.41) is 2.78. The molecule has 2 aliphatic heterocycles. The zero-order valence-electron chi connectivity index (χ0n) is 14.5. The monoisotopic (exact) mass is 370 g/mol. The summed E-state index contributed by atoms with van der Waals surface area (Å²) in [4.78, 5) is 27.5. The summed E-state index contributed by atoms with van der Waals surface area (Å²) in [5.74, 6) is -0.585. The van der Waals surface area contributed by atoms with E-state index in [1.165, 1.54) is 12.1 Å². The van der Waals surface area contributed by atoms with Crippen molar-refractivity contribution in [3.05, 3.63) is 71.0 Å². The highest BCUT2D eigenvalue weighted by atomic mass is 32.2. The number of hydrogen-bond acceptors (Lipinski definition) is 3. The topological polar surface area (TPSA) is 49.4 Å². The average Bonchev–Trinajstić information content (AvgIpc) is 3.04. The molecular weight excluding hydrogens is 351 g/mol. The fourth-order valence-corrected chi connectivity index (χ4v) is 5.28. The van der Waals surface area contributed by atoms with Gasteiger partial charge in [-0.15, -0.1) is 11.8 Å². The molecule has 0 radical (unpaired) electrons. The van der Waals surface area contributed by atoms with Gasteiger partial charge >= 0.3 is 0 Å². The number of halogens is 1. The van der Waals surface area contributed by atoms with Gasteiger partial charge in [0, 0.05) is 16.9 Å². The number of thioether (sulfide) groups is 1. The molecular formula is C20H19FN2O2S. The van der Waals surface area contributed by atoms with Gasteiger partial charge in [0.2, 0.25) is 5.91 Å². The molecule has 0 aliphatic carbocycles.